The van der Waals surface area contributed by atoms with Crippen molar-refractivity contribution in [3.63, 3.8) is 0 Å². The molecule has 0 aliphatic rings. The van der Waals surface area contributed by atoms with Gasteiger partial charge in [0.15, 0.2) is 5.96 Å². The summed E-state index contributed by atoms with van der Waals surface area (Å²) in [5.41, 5.74) is 3.31. The van der Waals surface area contributed by atoms with E-state index in [0.717, 1.165) is 12.1 Å². The van der Waals surface area contributed by atoms with Crippen LogP contribution < -0.4 is 15.8 Å². The number of rotatable bonds is 6. The predicted molar refractivity (Wildman–Crippen MR) is 101 cm³/mol. The Morgan fingerprint density at radius 3 is 2.16 bits per heavy atom. The molecule has 0 aliphatic carbocycles. The van der Waals surface area contributed by atoms with Crippen LogP contribution in [0.2, 0.25) is 0 Å². The van der Waals surface area contributed by atoms with E-state index < -0.39 is 10.0 Å². The van der Waals surface area contributed by atoms with E-state index in [1.54, 1.807) is 12.1 Å². The third-order valence-electron chi connectivity index (χ3n) is 3.60. The van der Waals surface area contributed by atoms with E-state index in [0.29, 0.717) is 19.0 Å². The summed E-state index contributed by atoms with van der Waals surface area (Å²) in [6.07, 6.45) is 0. The standard InChI is InChI=1S/C18H24N4O2S/c1-3-20-18(21-12-15-6-4-14(2)5-7-15)22-13-16-8-10-17(11-9-16)25(19,23)24/h4-11H,3,12-13H2,1-2H3,(H2,19,23,24)(H2,20,21,22). The number of aryl methyl sites for hydroxylation is 1. The molecule has 7 heteroatoms. The first-order chi connectivity index (χ1) is 11.9. The van der Waals surface area contributed by atoms with Crippen LogP contribution in [-0.2, 0) is 23.1 Å². The summed E-state index contributed by atoms with van der Waals surface area (Å²) in [5.74, 6) is 0.707. The molecule has 0 aromatic heterocycles. The average Bonchev–Trinajstić information content (AvgIpc) is 2.58. The Kier molecular flexibility index (Phi) is 6.55. The molecule has 2 rings (SSSR count). The Balaban J connectivity index is 2.00. The number of guanidine groups is 1. The van der Waals surface area contributed by atoms with Crippen molar-refractivity contribution in [1.82, 2.24) is 10.6 Å². The molecule has 0 heterocycles. The molecule has 25 heavy (non-hydrogen) atoms. The Bertz CT molecular complexity index is 813. The lowest BCUT2D eigenvalue weighted by Crippen LogP contribution is -2.36. The Morgan fingerprint density at radius 1 is 1.00 bits per heavy atom. The molecular weight excluding hydrogens is 336 g/mol. The van der Waals surface area contributed by atoms with E-state index in [1.807, 2.05) is 6.92 Å². The minimum Gasteiger partial charge on any atom is -0.357 e. The summed E-state index contributed by atoms with van der Waals surface area (Å²) < 4.78 is 22.5. The fourth-order valence-electron chi connectivity index (χ4n) is 2.19. The molecule has 0 aliphatic heterocycles. The molecule has 0 spiro atoms. The number of aliphatic imine (C=N–C) groups is 1. The molecular formula is C18H24N4O2S. The van der Waals surface area contributed by atoms with Gasteiger partial charge in [-0.15, -0.1) is 0 Å². The van der Waals surface area contributed by atoms with Crippen molar-refractivity contribution in [2.24, 2.45) is 10.1 Å². The molecule has 134 valence electrons. The van der Waals surface area contributed by atoms with Crippen LogP contribution in [0.3, 0.4) is 0 Å². The molecule has 0 amide bonds. The number of primary sulfonamides is 1. The maximum atomic E-state index is 11.3. The molecule has 0 saturated heterocycles. The lowest BCUT2D eigenvalue weighted by molar-refractivity contribution is 0.598. The van der Waals surface area contributed by atoms with Crippen LogP contribution in [0.4, 0.5) is 0 Å². The fourth-order valence-corrected chi connectivity index (χ4v) is 2.70. The number of nitrogens with zero attached hydrogens (tertiary/aromatic N) is 1. The van der Waals surface area contributed by atoms with Crippen LogP contribution >= 0.6 is 0 Å². The maximum absolute atomic E-state index is 11.3. The lowest BCUT2D eigenvalue weighted by Gasteiger charge is -2.11. The highest BCUT2D eigenvalue weighted by Crippen LogP contribution is 2.09. The van der Waals surface area contributed by atoms with Gasteiger partial charge in [0, 0.05) is 13.1 Å². The van der Waals surface area contributed by atoms with Crippen molar-refractivity contribution in [1.29, 1.82) is 0 Å². The van der Waals surface area contributed by atoms with Gasteiger partial charge in [0.1, 0.15) is 0 Å². The first-order valence-corrected chi connectivity index (χ1v) is 9.62. The third kappa shape index (κ3) is 6.21. The zero-order valence-electron chi connectivity index (χ0n) is 14.5. The number of nitrogens with one attached hydrogen (secondary N) is 2. The van der Waals surface area contributed by atoms with Crippen LogP contribution in [0, 0.1) is 6.92 Å². The SMILES string of the molecule is CCNC(=NCc1ccc(S(N)(=O)=O)cc1)NCc1ccc(C)cc1. The van der Waals surface area contributed by atoms with Crippen molar-refractivity contribution < 1.29 is 8.42 Å². The van der Waals surface area contributed by atoms with Crippen molar-refractivity contribution in [3.05, 3.63) is 65.2 Å². The molecule has 6 nitrogen and oxygen atoms in total. The number of hydrogen-bond acceptors (Lipinski definition) is 3. The first-order valence-electron chi connectivity index (χ1n) is 8.08. The van der Waals surface area contributed by atoms with Crippen LogP contribution in [0.15, 0.2) is 58.4 Å². The molecule has 0 bridgehead atoms. The molecule has 0 unspecified atom stereocenters. The van der Waals surface area contributed by atoms with Gasteiger partial charge < -0.3 is 10.6 Å². The van der Waals surface area contributed by atoms with Gasteiger partial charge in [-0.05, 0) is 37.1 Å². The van der Waals surface area contributed by atoms with Crippen molar-refractivity contribution in [2.45, 2.75) is 31.8 Å². The van der Waals surface area contributed by atoms with Crippen molar-refractivity contribution in [3.8, 4) is 0 Å². The van der Waals surface area contributed by atoms with Crippen LogP contribution in [-0.4, -0.2) is 20.9 Å². The number of sulfonamides is 1. The minimum absolute atomic E-state index is 0.102. The summed E-state index contributed by atoms with van der Waals surface area (Å²) in [6, 6.07) is 14.7. The molecule has 4 N–H and O–H groups in total. The van der Waals surface area contributed by atoms with Crippen LogP contribution in [0.5, 0.6) is 0 Å². The summed E-state index contributed by atoms with van der Waals surface area (Å²) in [4.78, 5) is 4.62. The highest BCUT2D eigenvalue weighted by atomic mass is 32.2. The molecule has 2 aromatic carbocycles. The number of hydrogen-bond donors (Lipinski definition) is 3. The Hall–Kier alpha value is -2.38. The van der Waals surface area contributed by atoms with Crippen LogP contribution in [0.1, 0.15) is 23.6 Å². The zero-order chi connectivity index (χ0) is 18.3. The predicted octanol–water partition coefficient (Wildman–Crippen LogP) is 1.90. The number of benzene rings is 2. The average molecular weight is 360 g/mol. The quantitative estimate of drug-likeness (QED) is 0.541. The van der Waals surface area contributed by atoms with Crippen LogP contribution in [0.25, 0.3) is 0 Å². The van der Waals surface area contributed by atoms with Gasteiger partial charge in [0.2, 0.25) is 10.0 Å². The minimum atomic E-state index is -3.66. The molecule has 0 atom stereocenters. The van der Waals surface area contributed by atoms with Gasteiger partial charge in [-0.3, -0.25) is 0 Å². The molecule has 0 fully saturated rings. The number of nitrogens with two attached hydrogens (primary N) is 1. The van der Waals surface area contributed by atoms with E-state index in [-0.39, 0.29) is 4.90 Å². The Labute approximate surface area is 149 Å². The summed E-state index contributed by atoms with van der Waals surface area (Å²) >= 11 is 0. The fraction of sp³-hybridized carbons (Fsp3) is 0.278. The van der Waals surface area contributed by atoms with Gasteiger partial charge in [0.05, 0.1) is 11.4 Å². The van der Waals surface area contributed by atoms with Gasteiger partial charge in [0.25, 0.3) is 0 Å². The second kappa shape index (κ2) is 8.64. The highest BCUT2D eigenvalue weighted by molar-refractivity contribution is 7.89. The largest absolute Gasteiger partial charge is 0.357 e. The second-order valence-corrected chi connectivity index (χ2v) is 7.28. The molecule has 0 radical (unpaired) electrons. The summed E-state index contributed by atoms with van der Waals surface area (Å²) in [5, 5.41) is 11.6. The smallest absolute Gasteiger partial charge is 0.238 e. The van der Waals surface area contributed by atoms with Crippen molar-refractivity contribution >= 4 is 16.0 Å². The summed E-state index contributed by atoms with van der Waals surface area (Å²) in [6.45, 7) is 5.93. The van der Waals surface area contributed by atoms with Gasteiger partial charge >= 0.3 is 0 Å². The van der Waals surface area contributed by atoms with E-state index in [4.69, 9.17) is 5.14 Å². The Morgan fingerprint density at radius 2 is 1.60 bits per heavy atom. The summed E-state index contributed by atoms with van der Waals surface area (Å²) in [7, 11) is -3.66. The maximum Gasteiger partial charge on any atom is 0.238 e. The van der Waals surface area contributed by atoms with Gasteiger partial charge in [-0.2, -0.15) is 0 Å². The van der Waals surface area contributed by atoms with Crippen molar-refractivity contribution in [2.75, 3.05) is 6.54 Å². The van der Waals surface area contributed by atoms with Gasteiger partial charge in [-0.25, -0.2) is 18.5 Å². The zero-order valence-corrected chi connectivity index (χ0v) is 15.3. The molecule has 2 aromatic rings. The topological polar surface area (TPSA) is 96.6 Å². The molecule has 0 saturated carbocycles. The van der Waals surface area contributed by atoms with E-state index in [1.165, 1.54) is 23.3 Å². The van der Waals surface area contributed by atoms with E-state index >= 15 is 0 Å². The first kappa shape index (κ1) is 19.0. The normalized spacial score (nSPS) is 12.0. The highest BCUT2D eigenvalue weighted by Gasteiger charge is 2.06. The van der Waals surface area contributed by atoms with E-state index in [9.17, 15) is 8.42 Å². The lowest BCUT2D eigenvalue weighted by atomic mass is 10.1. The van der Waals surface area contributed by atoms with E-state index in [2.05, 4.69) is 46.8 Å². The van der Waals surface area contributed by atoms with Gasteiger partial charge in [-0.1, -0.05) is 42.0 Å². The monoisotopic (exact) mass is 360 g/mol. The second-order valence-electron chi connectivity index (χ2n) is 5.72. The third-order valence-corrected chi connectivity index (χ3v) is 4.53.